The lowest BCUT2D eigenvalue weighted by Gasteiger charge is -2.14. The lowest BCUT2D eigenvalue weighted by Crippen LogP contribution is -2.24. The zero-order valence-corrected chi connectivity index (χ0v) is 12.3. The molecule has 5 nitrogen and oxygen atoms in total. The van der Waals surface area contributed by atoms with E-state index in [1.807, 2.05) is 0 Å². The van der Waals surface area contributed by atoms with Crippen molar-refractivity contribution in [2.75, 3.05) is 0 Å². The number of carbonyl (C=O) groups is 1. The maximum Gasteiger partial charge on any atom is 0.241 e. The zero-order chi connectivity index (χ0) is 15.7. The van der Waals surface area contributed by atoms with E-state index < -0.39 is 32.7 Å². The first kappa shape index (κ1) is 15.6. The molecule has 1 aromatic rings. The van der Waals surface area contributed by atoms with E-state index in [0.717, 1.165) is 12.1 Å². The molecule has 114 valence electrons. The van der Waals surface area contributed by atoms with Crippen LogP contribution in [0.5, 0.6) is 0 Å². The van der Waals surface area contributed by atoms with E-state index in [1.54, 1.807) is 13.8 Å². The molecule has 0 saturated heterocycles. The summed E-state index contributed by atoms with van der Waals surface area (Å²) in [6.07, 6.45) is 0.272. The Morgan fingerprint density at radius 2 is 2.05 bits per heavy atom. The Morgan fingerprint density at radius 1 is 1.43 bits per heavy atom. The fourth-order valence-corrected chi connectivity index (χ4v) is 3.79. The first-order valence-electron chi connectivity index (χ1n) is 6.13. The fourth-order valence-electron chi connectivity index (χ4n) is 1.89. The van der Waals surface area contributed by atoms with Gasteiger partial charge in [0.05, 0.1) is 5.75 Å². The van der Waals surface area contributed by atoms with Gasteiger partial charge in [-0.1, -0.05) is 11.2 Å². The maximum absolute atomic E-state index is 13.7. The quantitative estimate of drug-likeness (QED) is 0.805. The van der Waals surface area contributed by atoms with Gasteiger partial charge in [0.15, 0.2) is 5.04 Å². The first-order valence-corrected chi connectivity index (χ1v) is 7.81. The summed E-state index contributed by atoms with van der Waals surface area (Å²) in [5.74, 6) is -2.26. The number of amides is 1. The highest BCUT2D eigenvalue weighted by Gasteiger charge is 2.35. The summed E-state index contributed by atoms with van der Waals surface area (Å²) in [6, 6.07) is 3.30. The van der Waals surface area contributed by atoms with E-state index in [0.29, 0.717) is 0 Å². The van der Waals surface area contributed by atoms with E-state index in [4.69, 9.17) is 4.84 Å². The van der Waals surface area contributed by atoms with Crippen LogP contribution in [0.2, 0.25) is 0 Å². The number of rotatable bonds is 3. The Kier molecular flexibility index (Phi) is 4.08. The molecule has 0 aromatic heterocycles. The van der Waals surface area contributed by atoms with Crippen molar-refractivity contribution in [3.8, 4) is 0 Å². The van der Waals surface area contributed by atoms with E-state index in [2.05, 4.69) is 9.52 Å². The smallest absolute Gasteiger partial charge is 0.241 e. The van der Waals surface area contributed by atoms with E-state index in [1.165, 1.54) is 6.07 Å². The van der Waals surface area contributed by atoms with Crippen LogP contribution in [0, 0.1) is 11.6 Å². The second kappa shape index (κ2) is 5.51. The van der Waals surface area contributed by atoms with Gasteiger partial charge in [0.25, 0.3) is 0 Å². The molecule has 1 aliphatic rings. The predicted molar refractivity (Wildman–Crippen MR) is 73.9 cm³/mol. The second-order valence-corrected chi connectivity index (χ2v) is 7.46. The maximum atomic E-state index is 13.7. The van der Waals surface area contributed by atoms with Gasteiger partial charge in [0.2, 0.25) is 6.41 Å². The van der Waals surface area contributed by atoms with E-state index in [9.17, 15) is 17.8 Å². The molecule has 0 N–H and O–H groups in total. The molecule has 0 fully saturated rings. The summed E-state index contributed by atoms with van der Waals surface area (Å²) in [6.45, 7) is 3.43. The Labute approximate surface area is 121 Å². The van der Waals surface area contributed by atoms with Crippen LogP contribution in [0.1, 0.15) is 25.8 Å². The third-order valence-corrected chi connectivity index (χ3v) is 5.02. The van der Waals surface area contributed by atoms with Gasteiger partial charge < -0.3 is 4.84 Å². The van der Waals surface area contributed by atoms with Crippen molar-refractivity contribution in [3.63, 3.8) is 0 Å². The number of carbonyl (C=O) groups excluding carboxylic acids is 1. The van der Waals surface area contributed by atoms with E-state index >= 15 is 0 Å². The van der Waals surface area contributed by atoms with Crippen LogP contribution in [0.25, 0.3) is 0 Å². The molecule has 1 atom stereocenters. The molecular weight excluding hydrogens is 302 g/mol. The van der Waals surface area contributed by atoms with Crippen LogP contribution in [-0.2, 0) is 25.1 Å². The molecular formula is C13H14F2N2O3S. The summed E-state index contributed by atoms with van der Waals surface area (Å²) in [5.41, 5.74) is -1.08. The van der Waals surface area contributed by atoms with Crippen molar-refractivity contribution in [1.82, 2.24) is 0 Å². The highest BCUT2D eigenvalue weighted by Crippen LogP contribution is 2.28. The van der Waals surface area contributed by atoms with Gasteiger partial charge in [-0.25, -0.2) is 13.0 Å². The van der Waals surface area contributed by atoms with Crippen LogP contribution in [0.3, 0.4) is 0 Å². The minimum Gasteiger partial charge on any atom is -0.389 e. The SMILES string of the molecule is CC1(C)CC(S(=O)(Cc2c(F)cccc2F)=NC=O)=NO1. The number of benzene rings is 1. The number of oxime groups is 1. The molecule has 0 bridgehead atoms. The number of hydrogen-bond acceptors (Lipinski definition) is 4. The molecule has 1 unspecified atom stereocenters. The molecule has 0 saturated carbocycles. The van der Waals surface area contributed by atoms with Crippen molar-refractivity contribution in [1.29, 1.82) is 0 Å². The van der Waals surface area contributed by atoms with E-state index in [-0.39, 0.29) is 23.4 Å². The molecule has 2 rings (SSSR count). The normalized spacial score (nSPS) is 19.3. The molecule has 0 aliphatic carbocycles. The molecule has 1 amide bonds. The zero-order valence-electron chi connectivity index (χ0n) is 11.5. The fraction of sp³-hybridized carbons (Fsp3) is 0.385. The molecule has 8 heteroatoms. The predicted octanol–water partition coefficient (Wildman–Crippen LogP) is 2.60. The monoisotopic (exact) mass is 316 g/mol. The van der Waals surface area contributed by atoms with Crippen LogP contribution in [0.4, 0.5) is 8.78 Å². The number of halogens is 2. The van der Waals surface area contributed by atoms with Crippen LogP contribution < -0.4 is 0 Å². The minimum atomic E-state index is -3.38. The molecule has 21 heavy (non-hydrogen) atoms. The van der Waals surface area contributed by atoms with Crippen molar-refractivity contribution in [2.45, 2.75) is 31.6 Å². The Balaban J connectivity index is 2.44. The second-order valence-electron chi connectivity index (χ2n) is 5.21. The average Bonchev–Trinajstić information content (AvgIpc) is 2.76. The average molecular weight is 316 g/mol. The van der Waals surface area contributed by atoms with Gasteiger partial charge in [0.1, 0.15) is 27.0 Å². The Morgan fingerprint density at radius 3 is 2.52 bits per heavy atom. The Bertz CT molecular complexity index is 702. The molecule has 0 spiro atoms. The first-order chi connectivity index (χ1) is 9.77. The molecule has 1 heterocycles. The molecule has 0 radical (unpaired) electrons. The minimum absolute atomic E-state index is 0.0299. The summed E-state index contributed by atoms with van der Waals surface area (Å²) >= 11 is 0. The van der Waals surface area contributed by atoms with Crippen LogP contribution >= 0.6 is 0 Å². The van der Waals surface area contributed by atoms with Crippen molar-refractivity contribution in [2.24, 2.45) is 9.52 Å². The summed E-state index contributed by atoms with van der Waals surface area (Å²) in [7, 11) is -3.38. The summed E-state index contributed by atoms with van der Waals surface area (Å²) in [5, 5.41) is 3.71. The van der Waals surface area contributed by atoms with Gasteiger partial charge in [-0.3, -0.25) is 4.79 Å². The third kappa shape index (κ3) is 3.26. The summed E-state index contributed by atoms with van der Waals surface area (Å²) in [4.78, 5) is 15.8. The van der Waals surface area contributed by atoms with Crippen molar-refractivity contribution in [3.05, 3.63) is 35.4 Å². The highest BCUT2D eigenvalue weighted by atomic mass is 32.2. The van der Waals surface area contributed by atoms with Gasteiger partial charge in [0, 0.05) is 12.0 Å². The highest BCUT2D eigenvalue weighted by molar-refractivity contribution is 8.07. The van der Waals surface area contributed by atoms with Crippen molar-refractivity contribution < 1.29 is 22.6 Å². The third-order valence-electron chi connectivity index (χ3n) is 2.95. The number of hydrogen-bond donors (Lipinski definition) is 0. The topological polar surface area (TPSA) is 68.1 Å². The van der Waals surface area contributed by atoms with Gasteiger partial charge in [-0.2, -0.15) is 4.36 Å². The lowest BCUT2D eigenvalue weighted by molar-refractivity contribution is -0.106. The van der Waals surface area contributed by atoms with Gasteiger partial charge in [-0.15, -0.1) is 0 Å². The summed E-state index contributed by atoms with van der Waals surface area (Å²) < 4.78 is 43.6. The Hall–Kier alpha value is -1.83. The van der Waals surface area contributed by atoms with Crippen LogP contribution in [-0.4, -0.2) is 21.3 Å². The molecule has 1 aliphatic heterocycles. The van der Waals surface area contributed by atoms with Crippen molar-refractivity contribution >= 4 is 21.2 Å². The largest absolute Gasteiger partial charge is 0.389 e. The van der Waals surface area contributed by atoms with Gasteiger partial charge in [-0.05, 0) is 26.0 Å². The van der Waals surface area contributed by atoms with Gasteiger partial charge >= 0.3 is 0 Å². The number of nitrogens with zero attached hydrogens (tertiary/aromatic N) is 2. The lowest BCUT2D eigenvalue weighted by atomic mass is 10.1. The molecule has 1 aromatic carbocycles. The van der Waals surface area contributed by atoms with Crippen LogP contribution in [0.15, 0.2) is 27.7 Å². The standard InChI is InChI=1S/C13H14F2N2O3S/c1-13(2)6-12(17-20-13)21(19,16-8-18)7-9-10(14)4-3-5-11(9)15/h3-5,8H,6-7H2,1-2H3.